The lowest BCUT2D eigenvalue weighted by Crippen LogP contribution is -2.23. The number of hydrogen-bond donors (Lipinski definition) is 2. The van der Waals surface area contributed by atoms with Gasteiger partial charge in [-0.3, -0.25) is 4.79 Å². The minimum Gasteiger partial charge on any atom is -0.468 e. The number of methoxy groups -OCH3 is 2. The molecule has 140 valence electrons. The van der Waals surface area contributed by atoms with E-state index in [1.54, 1.807) is 12.1 Å². The van der Waals surface area contributed by atoms with Gasteiger partial charge >= 0.3 is 11.9 Å². The van der Waals surface area contributed by atoms with E-state index < -0.39 is 11.8 Å². The van der Waals surface area contributed by atoms with Crippen LogP contribution >= 0.6 is 0 Å². The van der Waals surface area contributed by atoms with Gasteiger partial charge in [-0.15, -0.1) is 0 Å². The molecule has 3 N–H and O–H groups in total. The molecular weight excluding hydrogens is 351 g/mol. The van der Waals surface area contributed by atoms with Gasteiger partial charge < -0.3 is 20.5 Å². The Morgan fingerprint density at radius 2 is 1.81 bits per heavy atom. The van der Waals surface area contributed by atoms with Crippen molar-refractivity contribution in [3.8, 4) is 11.8 Å². The molecule has 2 aromatic carbocycles. The van der Waals surface area contributed by atoms with Crippen LogP contribution in [-0.2, 0) is 20.8 Å². The smallest absolute Gasteiger partial charge is 0.339 e. The van der Waals surface area contributed by atoms with E-state index in [1.165, 1.54) is 14.2 Å². The van der Waals surface area contributed by atoms with Crippen LogP contribution in [0.25, 0.3) is 0 Å². The zero-order valence-electron chi connectivity index (χ0n) is 15.0. The van der Waals surface area contributed by atoms with Gasteiger partial charge in [-0.2, -0.15) is 0 Å². The van der Waals surface area contributed by atoms with Gasteiger partial charge in [-0.05, 0) is 29.8 Å². The molecule has 0 atom stereocenters. The van der Waals surface area contributed by atoms with Crippen molar-refractivity contribution in [1.82, 2.24) is 5.32 Å². The second kappa shape index (κ2) is 9.36. The van der Waals surface area contributed by atoms with Gasteiger partial charge in [-0.1, -0.05) is 24.0 Å². The van der Waals surface area contributed by atoms with Crippen LogP contribution in [0.1, 0.15) is 27.0 Å². The Labute approximate surface area is 156 Å². The third-order valence-corrected chi connectivity index (χ3v) is 3.65. The van der Waals surface area contributed by atoms with Crippen LogP contribution in [-0.4, -0.2) is 32.7 Å². The normalized spacial score (nSPS) is 9.89. The average Bonchev–Trinajstić information content (AvgIpc) is 2.67. The number of nitrogens with two attached hydrogens (primary N) is 1. The lowest BCUT2D eigenvalue weighted by Gasteiger charge is -2.06. The molecule has 0 spiro atoms. The van der Waals surface area contributed by atoms with Gasteiger partial charge in [0, 0.05) is 12.1 Å². The van der Waals surface area contributed by atoms with E-state index in [0.717, 1.165) is 17.7 Å². The van der Waals surface area contributed by atoms with E-state index in [0.29, 0.717) is 12.1 Å². The lowest BCUT2D eigenvalue weighted by atomic mass is 10.0. The van der Waals surface area contributed by atoms with Crippen molar-refractivity contribution >= 4 is 17.6 Å². The van der Waals surface area contributed by atoms with Crippen molar-refractivity contribution in [2.75, 3.05) is 26.5 Å². The average molecular weight is 370 g/mol. The Morgan fingerprint density at radius 1 is 1.11 bits per heavy atom. The van der Waals surface area contributed by atoms with Crippen LogP contribution < -0.4 is 11.1 Å². The van der Waals surface area contributed by atoms with Crippen LogP contribution in [0.4, 0.5) is 10.1 Å². The summed E-state index contributed by atoms with van der Waals surface area (Å²) in [7, 11) is 2.53. The van der Waals surface area contributed by atoms with E-state index in [4.69, 9.17) is 5.73 Å². The Bertz CT molecular complexity index is 899. The third kappa shape index (κ3) is 5.56. The van der Waals surface area contributed by atoms with Crippen molar-refractivity contribution in [3.05, 3.63) is 64.5 Å². The van der Waals surface area contributed by atoms with E-state index in [9.17, 15) is 14.0 Å². The first kappa shape index (κ1) is 19.9. The first-order valence-electron chi connectivity index (χ1n) is 8.00. The van der Waals surface area contributed by atoms with Crippen LogP contribution in [0.5, 0.6) is 0 Å². The molecule has 0 bridgehead atoms. The van der Waals surface area contributed by atoms with Gasteiger partial charge in [0.2, 0.25) is 0 Å². The number of nitrogen functional groups attached to an aromatic ring is 1. The van der Waals surface area contributed by atoms with Gasteiger partial charge in [-0.25, -0.2) is 9.18 Å². The predicted octanol–water partition coefficient (Wildman–Crippen LogP) is 1.86. The summed E-state index contributed by atoms with van der Waals surface area (Å²) in [5, 5.41) is 2.95. The summed E-state index contributed by atoms with van der Waals surface area (Å²) in [6.07, 6.45) is 0. The molecule has 7 heteroatoms. The van der Waals surface area contributed by atoms with Crippen molar-refractivity contribution in [1.29, 1.82) is 0 Å². The number of hydrogen-bond acceptors (Lipinski definition) is 6. The summed E-state index contributed by atoms with van der Waals surface area (Å²) in [5.74, 6) is 4.02. The number of carbonyl (C=O) groups is 2. The Balaban J connectivity index is 2.16. The number of carbonyl (C=O) groups excluding carboxylic acids is 2. The van der Waals surface area contributed by atoms with Crippen LogP contribution in [0.2, 0.25) is 0 Å². The van der Waals surface area contributed by atoms with Crippen LogP contribution in [0.15, 0.2) is 36.4 Å². The minimum absolute atomic E-state index is 0.0221. The second-order valence-corrected chi connectivity index (χ2v) is 5.54. The molecular formula is C20H19FN2O4. The number of nitrogens with one attached hydrogen (secondary N) is 1. The minimum atomic E-state index is -0.711. The van der Waals surface area contributed by atoms with Crippen molar-refractivity contribution in [2.45, 2.75) is 6.54 Å². The highest BCUT2D eigenvalue weighted by Gasteiger charge is 2.15. The fraction of sp³-hybridized carbons (Fsp3) is 0.200. The van der Waals surface area contributed by atoms with Crippen LogP contribution in [0.3, 0.4) is 0 Å². The molecule has 0 aliphatic heterocycles. The van der Waals surface area contributed by atoms with Crippen molar-refractivity contribution in [3.63, 3.8) is 0 Å². The largest absolute Gasteiger partial charge is 0.468 e. The van der Waals surface area contributed by atoms with E-state index in [1.807, 2.05) is 12.1 Å². The molecule has 0 unspecified atom stereocenters. The number of ether oxygens (including phenoxy) is 2. The molecule has 2 aromatic rings. The van der Waals surface area contributed by atoms with Gasteiger partial charge in [0.25, 0.3) is 0 Å². The molecule has 0 amide bonds. The van der Waals surface area contributed by atoms with Gasteiger partial charge in [0.1, 0.15) is 5.82 Å². The van der Waals surface area contributed by atoms with Crippen molar-refractivity contribution < 1.29 is 23.5 Å². The summed E-state index contributed by atoms with van der Waals surface area (Å²) < 4.78 is 22.7. The fourth-order valence-corrected chi connectivity index (χ4v) is 2.26. The summed E-state index contributed by atoms with van der Waals surface area (Å²) in [4.78, 5) is 22.9. The predicted molar refractivity (Wildman–Crippen MR) is 98.3 cm³/mol. The zero-order chi connectivity index (χ0) is 19.8. The Morgan fingerprint density at radius 3 is 2.44 bits per heavy atom. The summed E-state index contributed by atoms with van der Waals surface area (Å²) >= 11 is 0. The molecule has 0 radical (unpaired) electrons. The summed E-state index contributed by atoms with van der Waals surface area (Å²) in [6.45, 7) is 0.623. The molecule has 2 rings (SSSR count). The Kier molecular flexibility index (Phi) is 6.92. The van der Waals surface area contributed by atoms with Gasteiger partial charge in [0.15, 0.2) is 0 Å². The maximum atomic E-state index is 13.5. The maximum Gasteiger partial charge on any atom is 0.339 e. The van der Waals surface area contributed by atoms with Crippen LogP contribution in [0, 0.1) is 17.7 Å². The van der Waals surface area contributed by atoms with Crippen molar-refractivity contribution in [2.24, 2.45) is 0 Å². The topological polar surface area (TPSA) is 90.6 Å². The molecule has 27 heavy (non-hydrogen) atoms. The fourth-order valence-electron chi connectivity index (χ4n) is 2.26. The number of rotatable bonds is 5. The lowest BCUT2D eigenvalue weighted by molar-refractivity contribution is -0.139. The molecule has 0 aliphatic carbocycles. The second-order valence-electron chi connectivity index (χ2n) is 5.54. The summed E-state index contributed by atoms with van der Waals surface area (Å²) in [5.41, 5.74) is 7.70. The monoisotopic (exact) mass is 370 g/mol. The molecule has 0 aromatic heterocycles. The summed E-state index contributed by atoms with van der Waals surface area (Å²) in [6, 6.07) is 9.43. The first-order chi connectivity index (χ1) is 12.9. The molecule has 0 saturated heterocycles. The molecule has 0 heterocycles. The molecule has 0 fully saturated rings. The highest BCUT2D eigenvalue weighted by Crippen LogP contribution is 2.19. The Hall–Kier alpha value is -3.37. The molecule has 6 nitrogen and oxygen atoms in total. The van der Waals surface area contributed by atoms with E-state index in [2.05, 4.69) is 26.6 Å². The SMILES string of the molecule is COC(=O)CNCc1ccc(C#Cc2c(N)cc(F)cc2C(=O)OC)cc1. The third-order valence-electron chi connectivity index (χ3n) is 3.65. The number of benzene rings is 2. The highest BCUT2D eigenvalue weighted by molar-refractivity contribution is 5.94. The van der Waals surface area contributed by atoms with Gasteiger partial charge in [0.05, 0.1) is 37.6 Å². The standard InChI is InChI=1S/C20H19FN2O4/c1-26-19(24)12-23-11-14-5-3-13(4-6-14)7-8-16-17(20(25)27-2)9-15(21)10-18(16)22/h3-6,9-10,23H,11-12,22H2,1-2H3. The molecule has 0 saturated carbocycles. The maximum absolute atomic E-state index is 13.5. The highest BCUT2D eigenvalue weighted by atomic mass is 19.1. The van der Waals surface area contributed by atoms with E-state index in [-0.39, 0.29) is 29.3 Å². The zero-order valence-corrected chi connectivity index (χ0v) is 15.0. The first-order valence-corrected chi connectivity index (χ1v) is 8.00. The molecule has 0 aliphatic rings. The quantitative estimate of drug-likeness (QED) is 0.474. The number of anilines is 1. The number of esters is 2. The van der Waals surface area contributed by atoms with E-state index >= 15 is 0 Å². The number of halogens is 1.